The van der Waals surface area contributed by atoms with Crippen molar-refractivity contribution in [3.63, 3.8) is 0 Å². The van der Waals surface area contributed by atoms with Gasteiger partial charge < -0.3 is 0 Å². The van der Waals surface area contributed by atoms with Crippen molar-refractivity contribution in [3.05, 3.63) is 36.3 Å². The van der Waals surface area contributed by atoms with Crippen molar-refractivity contribution in [1.82, 2.24) is 14.8 Å². The maximum atomic E-state index is 9.09. The number of aromatic nitrogens is 3. The number of rotatable bonds is 3. The van der Waals surface area contributed by atoms with Gasteiger partial charge in [0.1, 0.15) is 11.8 Å². The standard InChI is InChI=1S/C13H12N4/c14-8-12-7-13(11-3-5-15-6-4-11)16-17(12)9-10-1-2-10/h3-7,10H,1-2,9H2. The lowest BCUT2D eigenvalue weighted by Crippen LogP contribution is -2.04. The molecule has 2 aromatic rings. The first-order chi connectivity index (χ1) is 8.36. The van der Waals surface area contributed by atoms with Crippen LogP contribution in [0.3, 0.4) is 0 Å². The predicted molar refractivity (Wildman–Crippen MR) is 62.9 cm³/mol. The topological polar surface area (TPSA) is 54.5 Å². The minimum Gasteiger partial charge on any atom is -0.265 e. The zero-order valence-electron chi connectivity index (χ0n) is 9.37. The summed E-state index contributed by atoms with van der Waals surface area (Å²) in [6.07, 6.45) is 5.99. The molecule has 2 aromatic heterocycles. The molecule has 0 radical (unpaired) electrons. The van der Waals surface area contributed by atoms with Crippen LogP contribution in [0.1, 0.15) is 18.5 Å². The van der Waals surface area contributed by atoms with Crippen LogP contribution in [0.25, 0.3) is 11.3 Å². The molecule has 2 heterocycles. The molecule has 4 nitrogen and oxygen atoms in total. The Labute approximate surface area is 99.5 Å². The van der Waals surface area contributed by atoms with Crippen LogP contribution >= 0.6 is 0 Å². The van der Waals surface area contributed by atoms with Gasteiger partial charge in [0.15, 0.2) is 0 Å². The van der Waals surface area contributed by atoms with E-state index in [2.05, 4.69) is 16.2 Å². The SMILES string of the molecule is N#Cc1cc(-c2ccncc2)nn1CC1CC1. The summed E-state index contributed by atoms with van der Waals surface area (Å²) in [4.78, 5) is 3.98. The molecular weight excluding hydrogens is 212 g/mol. The van der Waals surface area contributed by atoms with Crippen LogP contribution in [0.4, 0.5) is 0 Å². The lowest BCUT2D eigenvalue weighted by Gasteiger charge is -1.99. The summed E-state index contributed by atoms with van der Waals surface area (Å²) in [7, 11) is 0. The molecule has 1 aliphatic rings. The van der Waals surface area contributed by atoms with Gasteiger partial charge in [-0.1, -0.05) is 0 Å². The molecule has 0 aliphatic heterocycles. The van der Waals surface area contributed by atoms with Crippen molar-refractivity contribution in [2.24, 2.45) is 5.92 Å². The molecule has 84 valence electrons. The van der Waals surface area contributed by atoms with Gasteiger partial charge in [-0.25, -0.2) is 0 Å². The molecule has 0 amide bonds. The van der Waals surface area contributed by atoms with Crippen molar-refractivity contribution in [2.45, 2.75) is 19.4 Å². The molecule has 0 saturated heterocycles. The largest absolute Gasteiger partial charge is 0.265 e. The second-order valence-corrected chi connectivity index (χ2v) is 4.39. The third-order valence-corrected chi connectivity index (χ3v) is 3.00. The van der Waals surface area contributed by atoms with Crippen LogP contribution in [0, 0.1) is 17.2 Å². The number of nitrogens with zero attached hydrogens (tertiary/aromatic N) is 4. The van der Waals surface area contributed by atoms with E-state index in [1.165, 1.54) is 12.8 Å². The fourth-order valence-electron chi connectivity index (χ4n) is 1.85. The summed E-state index contributed by atoms with van der Waals surface area (Å²) in [5, 5.41) is 13.6. The molecule has 0 N–H and O–H groups in total. The van der Waals surface area contributed by atoms with Gasteiger partial charge in [0.2, 0.25) is 0 Å². The van der Waals surface area contributed by atoms with Crippen LogP contribution in [0.5, 0.6) is 0 Å². The predicted octanol–water partition coefficient (Wildman–Crippen LogP) is 2.23. The Bertz CT molecular complexity index is 561. The third kappa shape index (κ3) is 2.04. The molecule has 0 bridgehead atoms. The summed E-state index contributed by atoms with van der Waals surface area (Å²) in [5.41, 5.74) is 2.50. The molecule has 4 heteroatoms. The highest BCUT2D eigenvalue weighted by molar-refractivity contribution is 5.59. The summed E-state index contributed by atoms with van der Waals surface area (Å²) in [6.45, 7) is 0.869. The maximum absolute atomic E-state index is 9.09. The Morgan fingerprint density at radius 1 is 1.35 bits per heavy atom. The highest BCUT2D eigenvalue weighted by Gasteiger charge is 2.23. The first-order valence-corrected chi connectivity index (χ1v) is 5.75. The van der Waals surface area contributed by atoms with Gasteiger partial charge in [0.25, 0.3) is 0 Å². The fraction of sp³-hybridized carbons (Fsp3) is 0.308. The molecule has 1 aliphatic carbocycles. The smallest absolute Gasteiger partial charge is 0.139 e. The molecule has 0 unspecified atom stereocenters. The quantitative estimate of drug-likeness (QED) is 0.803. The van der Waals surface area contributed by atoms with Gasteiger partial charge in [-0.3, -0.25) is 9.67 Å². The normalized spacial score (nSPS) is 14.5. The molecule has 1 fully saturated rings. The molecule has 0 aromatic carbocycles. The van der Waals surface area contributed by atoms with Crippen molar-refractivity contribution < 1.29 is 0 Å². The second-order valence-electron chi connectivity index (χ2n) is 4.39. The van der Waals surface area contributed by atoms with Gasteiger partial charge in [-0.05, 0) is 30.9 Å². The summed E-state index contributed by atoms with van der Waals surface area (Å²) in [5.74, 6) is 0.715. The molecule has 0 spiro atoms. The van der Waals surface area contributed by atoms with Gasteiger partial charge in [0, 0.05) is 30.6 Å². The van der Waals surface area contributed by atoms with Crippen molar-refractivity contribution in [2.75, 3.05) is 0 Å². The van der Waals surface area contributed by atoms with Crippen LogP contribution in [0.2, 0.25) is 0 Å². The van der Waals surface area contributed by atoms with Crippen molar-refractivity contribution >= 4 is 0 Å². The second kappa shape index (κ2) is 4.02. The highest BCUT2D eigenvalue weighted by Crippen LogP contribution is 2.31. The highest BCUT2D eigenvalue weighted by atomic mass is 15.3. The van der Waals surface area contributed by atoms with Gasteiger partial charge in [-0.2, -0.15) is 10.4 Å². The van der Waals surface area contributed by atoms with E-state index in [-0.39, 0.29) is 0 Å². The van der Waals surface area contributed by atoms with Crippen LogP contribution in [-0.4, -0.2) is 14.8 Å². The van der Waals surface area contributed by atoms with Crippen molar-refractivity contribution in [3.8, 4) is 17.3 Å². The molecule has 1 saturated carbocycles. The number of hydrogen-bond donors (Lipinski definition) is 0. The summed E-state index contributed by atoms with van der Waals surface area (Å²) < 4.78 is 1.83. The van der Waals surface area contributed by atoms with E-state index in [4.69, 9.17) is 5.26 Å². The van der Waals surface area contributed by atoms with Crippen LogP contribution < -0.4 is 0 Å². The average molecular weight is 224 g/mol. The van der Waals surface area contributed by atoms with Crippen LogP contribution in [-0.2, 0) is 6.54 Å². The Morgan fingerprint density at radius 3 is 2.76 bits per heavy atom. The number of nitriles is 1. The summed E-state index contributed by atoms with van der Waals surface area (Å²) in [6, 6.07) is 7.86. The minimum atomic E-state index is 0.642. The van der Waals surface area contributed by atoms with E-state index in [0.29, 0.717) is 11.6 Å². The van der Waals surface area contributed by atoms with E-state index in [1.54, 1.807) is 12.4 Å². The zero-order chi connectivity index (χ0) is 11.7. The third-order valence-electron chi connectivity index (χ3n) is 3.00. The number of pyridine rings is 1. The van der Waals surface area contributed by atoms with Crippen molar-refractivity contribution in [1.29, 1.82) is 5.26 Å². The first-order valence-electron chi connectivity index (χ1n) is 5.75. The maximum Gasteiger partial charge on any atom is 0.139 e. The first kappa shape index (κ1) is 10.0. The molecule has 3 rings (SSSR count). The number of hydrogen-bond acceptors (Lipinski definition) is 3. The Hall–Kier alpha value is -2.15. The Balaban J connectivity index is 1.96. The summed E-state index contributed by atoms with van der Waals surface area (Å²) >= 11 is 0. The molecule has 0 atom stereocenters. The average Bonchev–Trinajstić information content (AvgIpc) is 3.09. The lowest BCUT2D eigenvalue weighted by molar-refractivity contribution is 0.559. The van der Waals surface area contributed by atoms with E-state index >= 15 is 0 Å². The van der Waals surface area contributed by atoms with Crippen LogP contribution in [0.15, 0.2) is 30.6 Å². The van der Waals surface area contributed by atoms with E-state index in [0.717, 1.165) is 17.8 Å². The zero-order valence-corrected chi connectivity index (χ0v) is 9.37. The van der Waals surface area contributed by atoms with E-state index < -0.39 is 0 Å². The lowest BCUT2D eigenvalue weighted by atomic mass is 10.2. The monoisotopic (exact) mass is 224 g/mol. The molecular formula is C13H12N4. The van der Waals surface area contributed by atoms with E-state index in [1.807, 2.05) is 22.9 Å². The fourth-order valence-corrected chi connectivity index (χ4v) is 1.85. The van der Waals surface area contributed by atoms with Gasteiger partial charge in [-0.15, -0.1) is 0 Å². The molecule has 17 heavy (non-hydrogen) atoms. The Kier molecular flexibility index (Phi) is 2.37. The van der Waals surface area contributed by atoms with Gasteiger partial charge in [0.05, 0.1) is 5.69 Å². The van der Waals surface area contributed by atoms with E-state index in [9.17, 15) is 0 Å². The van der Waals surface area contributed by atoms with Gasteiger partial charge >= 0.3 is 0 Å². The Morgan fingerprint density at radius 2 is 2.12 bits per heavy atom. The minimum absolute atomic E-state index is 0.642.